The average molecular weight is 545 g/mol. The second-order valence-corrected chi connectivity index (χ2v) is 10.7. The van der Waals surface area contributed by atoms with Gasteiger partial charge in [-0.05, 0) is 35.9 Å². The van der Waals surface area contributed by atoms with E-state index in [1.165, 1.54) is 30.2 Å². The fourth-order valence-corrected chi connectivity index (χ4v) is 5.09. The van der Waals surface area contributed by atoms with Gasteiger partial charge in [-0.1, -0.05) is 57.5 Å². The van der Waals surface area contributed by atoms with Crippen LogP contribution in [0.3, 0.4) is 0 Å². The number of aromatic amines is 1. The van der Waals surface area contributed by atoms with Crippen LogP contribution in [-0.2, 0) is 21.4 Å². The number of H-pyrrole nitrogens is 1. The van der Waals surface area contributed by atoms with Crippen molar-refractivity contribution in [2.45, 2.75) is 16.6 Å². The van der Waals surface area contributed by atoms with E-state index in [2.05, 4.69) is 36.4 Å². The molecule has 0 aliphatic rings. The fraction of sp³-hybridized carbons (Fsp3) is 0.211. The third kappa shape index (κ3) is 6.78. The first-order chi connectivity index (χ1) is 14.9. The van der Waals surface area contributed by atoms with Crippen molar-refractivity contribution in [2.24, 2.45) is 0 Å². The molecule has 8 nitrogen and oxygen atoms in total. The van der Waals surface area contributed by atoms with Crippen molar-refractivity contribution in [3.63, 3.8) is 0 Å². The molecule has 2 aromatic carbocycles. The van der Waals surface area contributed by atoms with Crippen molar-refractivity contribution in [1.82, 2.24) is 24.8 Å². The van der Waals surface area contributed by atoms with Crippen LogP contribution < -0.4 is 5.32 Å². The Balaban J connectivity index is 1.71. The predicted octanol–water partition coefficient (Wildman–Crippen LogP) is 3.32. The Morgan fingerprint density at radius 3 is 2.61 bits per heavy atom. The van der Waals surface area contributed by atoms with Gasteiger partial charge < -0.3 is 5.32 Å². The summed E-state index contributed by atoms with van der Waals surface area (Å²) >= 11 is 10.9. The first kappa shape index (κ1) is 23.7. The quantitative estimate of drug-likeness (QED) is 0.299. The lowest BCUT2D eigenvalue weighted by Gasteiger charge is -2.22. The molecule has 164 valence electrons. The molecule has 3 rings (SSSR count). The molecule has 0 unspecified atom stereocenters. The van der Waals surface area contributed by atoms with Gasteiger partial charge >= 0.3 is 0 Å². The first-order valence-electron chi connectivity index (χ1n) is 9.10. The van der Waals surface area contributed by atoms with Gasteiger partial charge in [0.1, 0.15) is 6.33 Å². The zero-order valence-corrected chi connectivity index (χ0v) is 20.1. The van der Waals surface area contributed by atoms with Gasteiger partial charge in [0.15, 0.2) is 5.16 Å². The number of aromatic nitrogens is 3. The Kier molecular flexibility index (Phi) is 8.50. The van der Waals surface area contributed by atoms with E-state index in [4.69, 9.17) is 11.6 Å². The van der Waals surface area contributed by atoms with Crippen LogP contribution in [0.2, 0.25) is 5.02 Å². The van der Waals surface area contributed by atoms with Gasteiger partial charge in [0.05, 0.1) is 11.4 Å². The monoisotopic (exact) mass is 543 g/mol. The lowest BCUT2D eigenvalue weighted by atomic mass is 10.2. The molecule has 0 atom stereocenters. The third-order valence-corrected chi connectivity index (χ3v) is 7.71. The summed E-state index contributed by atoms with van der Waals surface area (Å²) in [6, 6.07) is 13.2. The Hall–Kier alpha value is -1.92. The molecule has 2 N–H and O–H groups in total. The summed E-state index contributed by atoms with van der Waals surface area (Å²) in [5, 5.41) is 10.3. The second kappa shape index (κ2) is 11.1. The van der Waals surface area contributed by atoms with Crippen LogP contribution in [0, 0.1) is 0 Å². The highest BCUT2D eigenvalue weighted by atomic mass is 79.9. The lowest BCUT2D eigenvalue weighted by Crippen LogP contribution is -2.41. The Morgan fingerprint density at radius 1 is 1.19 bits per heavy atom. The Morgan fingerprint density at radius 2 is 1.94 bits per heavy atom. The van der Waals surface area contributed by atoms with Crippen LogP contribution in [0.1, 0.15) is 5.56 Å². The SMILES string of the molecule is O=C(CN(Cc1ccccc1Cl)S(=O)(=O)c1ccc(Br)cc1)NCCSc1ncn[nH]1. The van der Waals surface area contributed by atoms with E-state index < -0.39 is 15.9 Å². The van der Waals surface area contributed by atoms with Gasteiger partial charge in [-0.3, -0.25) is 9.89 Å². The molecule has 3 aromatic rings. The molecule has 0 radical (unpaired) electrons. The van der Waals surface area contributed by atoms with Gasteiger partial charge in [-0.25, -0.2) is 13.4 Å². The fourth-order valence-electron chi connectivity index (χ4n) is 2.62. The van der Waals surface area contributed by atoms with Crippen molar-refractivity contribution >= 4 is 55.2 Å². The summed E-state index contributed by atoms with van der Waals surface area (Å²) in [5.41, 5.74) is 0.610. The number of carbonyl (C=O) groups is 1. The molecule has 31 heavy (non-hydrogen) atoms. The molecule has 1 aromatic heterocycles. The minimum absolute atomic E-state index is 0.0295. The summed E-state index contributed by atoms with van der Waals surface area (Å²) in [6.45, 7) is -0.0165. The number of hydrogen-bond acceptors (Lipinski definition) is 6. The van der Waals surface area contributed by atoms with Crippen molar-refractivity contribution in [2.75, 3.05) is 18.8 Å². The molecule has 0 bridgehead atoms. The van der Waals surface area contributed by atoms with Gasteiger partial charge in [-0.2, -0.15) is 9.40 Å². The van der Waals surface area contributed by atoms with Crippen LogP contribution in [0.5, 0.6) is 0 Å². The molecular formula is C19H19BrClN5O3S2. The van der Waals surface area contributed by atoms with E-state index in [0.29, 0.717) is 28.0 Å². The van der Waals surface area contributed by atoms with Crippen molar-refractivity contribution in [1.29, 1.82) is 0 Å². The minimum Gasteiger partial charge on any atom is -0.354 e. The lowest BCUT2D eigenvalue weighted by molar-refractivity contribution is -0.121. The average Bonchev–Trinajstić information content (AvgIpc) is 3.26. The number of benzene rings is 2. The predicted molar refractivity (Wildman–Crippen MR) is 123 cm³/mol. The molecule has 0 fully saturated rings. The summed E-state index contributed by atoms with van der Waals surface area (Å²) in [6.07, 6.45) is 1.40. The second-order valence-electron chi connectivity index (χ2n) is 6.31. The van der Waals surface area contributed by atoms with E-state index in [9.17, 15) is 13.2 Å². The standard InChI is InChI=1S/C19H19BrClN5O3S2/c20-15-5-7-16(8-6-15)31(28,29)26(11-14-3-1-2-4-17(14)21)12-18(27)22-9-10-30-19-23-13-24-25-19/h1-8,13H,9-12H2,(H,22,27)(H,23,24,25). The van der Waals surface area contributed by atoms with Crippen molar-refractivity contribution in [3.05, 3.63) is 69.9 Å². The molecule has 0 aliphatic carbocycles. The maximum Gasteiger partial charge on any atom is 0.243 e. The van der Waals surface area contributed by atoms with Crippen LogP contribution in [0.25, 0.3) is 0 Å². The number of carbonyl (C=O) groups excluding carboxylic acids is 1. The zero-order valence-electron chi connectivity index (χ0n) is 16.2. The summed E-state index contributed by atoms with van der Waals surface area (Å²) < 4.78 is 28.4. The number of nitrogens with zero attached hydrogens (tertiary/aromatic N) is 3. The number of halogens is 2. The number of sulfonamides is 1. The van der Waals surface area contributed by atoms with Crippen LogP contribution in [0.15, 0.2) is 69.4 Å². The summed E-state index contributed by atoms with van der Waals surface area (Å²) in [7, 11) is -3.93. The highest BCUT2D eigenvalue weighted by molar-refractivity contribution is 9.10. The van der Waals surface area contributed by atoms with E-state index in [1.54, 1.807) is 36.4 Å². The van der Waals surface area contributed by atoms with Gasteiger partial charge in [0.2, 0.25) is 15.9 Å². The van der Waals surface area contributed by atoms with Crippen LogP contribution in [0.4, 0.5) is 0 Å². The highest BCUT2D eigenvalue weighted by Crippen LogP contribution is 2.23. The van der Waals surface area contributed by atoms with Crippen molar-refractivity contribution in [3.8, 4) is 0 Å². The summed E-state index contributed by atoms with van der Waals surface area (Å²) in [4.78, 5) is 16.6. The number of hydrogen-bond donors (Lipinski definition) is 2. The number of nitrogens with one attached hydrogen (secondary N) is 2. The van der Waals surface area contributed by atoms with Gasteiger partial charge in [0, 0.05) is 28.3 Å². The van der Waals surface area contributed by atoms with Crippen LogP contribution in [-0.4, -0.2) is 52.7 Å². The molecule has 0 saturated heterocycles. The number of thioether (sulfide) groups is 1. The molecule has 0 aliphatic heterocycles. The topological polar surface area (TPSA) is 108 Å². The Labute approximate surface area is 198 Å². The minimum atomic E-state index is -3.93. The smallest absolute Gasteiger partial charge is 0.243 e. The van der Waals surface area contributed by atoms with E-state index >= 15 is 0 Å². The molecular weight excluding hydrogens is 526 g/mol. The molecule has 1 heterocycles. The van der Waals surface area contributed by atoms with Gasteiger partial charge in [0.25, 0.3) is 0 Å². The maximum absolute atomic E-state index is 13.2. The zero-order chi connectivity index (χ0) is 22.3. The van der Waals surface area contributed by atoms with E-state index in [1.807, 2.05) is 0 Å². The number of rotatable bonds is 10. The highest BCUT2D eigenvalue weighted by Gasteiger charge is 2.27. The molecule has 1 amide bonds. The van der Waals surface area contributed by atoms with Gasteiger partial charge in [-0.15, -0.1) is 0 Å². The summed E-state index contributed by atoms with van der Waals surface area (Å²) in [5.74, 6) is 0.149. The Bertz CT molecular complexity index is 1110. The van der Waals surface area contributed by atoms with Crippen LogP contribution >= 0.6 is 39.3 Å². The first-order valence-corrected chi connectivity index (χ1v) is 12.7. The molecule has 0 saturated carbocycles. The third-order valence-electron chi connectivity index (χ3n) is 4.13. The van der Waals surface area contributed by atoms with E-state index in [0.717, 1.165) is 8.78 Å². The van der Waals surface area contributed by atoms with Crippen molar-refractivity contribution < 1.29 is 13.2 Å². The van der Waals surface area contributed by atoms with E-state index in [-0.39, 0.29) is 18.0 Å². The number of amides is 1. The largest absolute Gasteiger partial charge is 0.354 e. The normalized spacial score (nSPS) is 11.6. The maximum atomic E-state index is 13.2. The molecule has 0 spiro atoms. The molecule has 12 heteroatoms.